The number of aromatic nitrogens is 2. The molecule has 1 heterocycles. The molecule has 0 atom stereocenters. The van der Waals surface area contributed by atoms with Crippen molar-refractivity contribution in [2.24, 2.45) is 0 Å². The maximum Gasteiger partial charge on any atom is 0.261 e. The standard InChI is InChI=1S/C16H15FN4O/c1-2-7-19-16(22)12(9-18)8-13-10-20-21-15(13)11-3-5-14(17)6-4-11/h3-6,8,10H,2,7H2,1H3,(H,19,22)(H,20,21)/b12-8+. The molecular weight excluding hydrogens is 283 g/mol. The third-order valence-corrected chi connectivity index (χ3v) is 3.00. The highest BCUT2D eigenvalue weighted by Crippen LogP contribution is 2.23. The molecule has 1 aromatic heterocycles. The summed E-state index contributed by atoms with van der Waals surface area (Å²) < 4.78 is 13.0. The molecule has 0 saturated heterocycles. The van der Waals surface area contributed by atoms with Gasteiger partial charge in [-0.2, -0.15) is 10.4 Å². The average molecular weight is 298 g/mol. The highest BCUT2D eigenvalue weighted by Gasteiger charge is 2.12. The average Bonchev–Trinajstić information content (AvgIpc) is 2.99. The van der Waals surface area contributed by atoms with Crippen molar-refractivity contribution in [3.63, 3.8) is 0 Å². The van der Waals surface area contributed by atoms with Crippen LogP contribution in [-0.4, -0.2) is 22.6 Å². The number of H-pyrrole nitrogens is 1. The monoisotopic (exact) mass is 298 g/mol. The fraction of sp³-hybridized carbons (Fsp3) is 0.188. The maximum absolute atomic E-state index is 13.0. The zero-order valence-electron chi connectivity index (χ0n) is 12.1. The fourth-order valence-electron chi connectivity index (χ4n) is 1.89. The number of nitrogens with one attached hydrogen (secondary N) is 2. The number of amides is 1. The van der Waals surface area contributed by atoms with Crippen LogP contribution >= 0.6 is 0 Å². The van der Waals surface area contributed by atoms with Crippen LogP contribution in [-0.2, 0) is 4.79 Å². The molecule has 112 valence electrons. The summed E-state index contributed by atoms with van der Waals surface area (Å²) in [5.41, 5.74) is 1.93. The van der Waals surface area contributed by atoms with Crippen LogP contribution < -0.4 is 5.32 Å². The second-order valence-electron chi connectivity index (χ2n) is 4.63. The van der Waals surface area contributed by atoms with E-state index in [1.165, 1.54) is 24.4 Å². The predicted molar refractivity (Wildman–Crippen MR) is 80.9 cm³/mol. The summed E-state index contributed by atoms with van der Waals surface area (Å²) in [6.07, 6.45) is 3.77. The lowest BCUT2D eigenvalue weighted by molar-refractivity contribution is -0.117. The molecular formula is C16H15FN4O. The summed E-state index contributed by atoms with van der Waals surface area (Å²) in [4.78, 5) is 11.9. The number of benzene rings is 1. The molecule has 1 aromatic carbocycles. The highest BCUT2D eigenvalue weighted by molar-refractivity contribution is 6.02. The van der Waals surface area contributed by atoms with Crippen molar-refractivity contribution in [3.8, 4) is 17.3 Å². The minimum Gasteiger partial charge on any atom is -0.351 e. The Morgan fingerprint density at radius 1 is 1.45 bits per heavy atom. The van der Waals surface area contributed by atoms with E-state index in [1.807, 2.05) is 13.0 Å². The third kappa shape index (κ3) is 3.58. The van der Waals surface area contributed by atoms with Crippen LogP contribution in [0.4, 0.5) is 4.39 Å². The van der Waals surface area contributed by atoms with Crippen molar-refractivity contribution in [3.05, 3.63) is 47.4 Å². The van der Waals surface area contributed by atoms with E-state index in [0.717, 1.165) is 12.0 Å². The van der Waals surface area contributed by atoms with Gasteiger partial charge < -0.3 is 5.32 Å². The Hall–Kier alpha value is -2.94. The van der Waals surface area contributed by atoms with E-state index >= 15 is 0 Å². The van der Waals surface area contributed by atoms with Crippen LogP contribution in [0, 0.1) is 17.1 Å². The van der Waals surface area contributed by atoms with Crippen LogP contribution in [0.25, 0.3) is 17.3 Å². The lowest BCUT2D eigenvalue weighted by Crippen LogP contribution is -2.25. The number of halogens is 1. The predicted octanol–water partition coefficient (Wildman–Crippen LogP) is 2.65. The van der Waals surface area contributed by atoms with E-state index in [0.29, 0.717) is 17.8 Å². The lowest BCUT2D eigenvalue weighted by Gasteiger charge is -2.03. The molecule has 2 aromatic rings. The zero-order chi connectivity index (χ0) is 15.9. The summed E-state index contributed by atoms with van der Waals surface area (Å²) in [6.45, 7) is 2.44. The Kier molecular flexibility index (Phi) is 5.04. The van der Waals surface area contributed by atoms with Crippen LogP contribution in [0.5, 0.6) is 0 Å². The first-order chi connectivity index (χ1) is 10.7. The molecule has 22 heavy (non-hydrogen) atoms. The molecule has 1 amide bonds. The lowest BCUT2D eigenvalue weighted by atomic mass is 10.1. The Morgan fingerprint density at radius 2 is 2.18 bits per heavy atom. The topological polar surface area (TPSA) is 81.6 Å². The number of hydrogen-bond donors (Lipinski definition) is 2. The number of nitrogens with zero attached hydrogens (tertiary/aromatic N) is 2. The van der Waals surface area contributed by atoms with Gasteiger partial charge >= 0.3 is 0 Å². The first-order valence-electron chi connectivity index (χ1n) is 6.85. The molecule has 2 N–H and O–H groups in total. The second-order valence-corrected chi connectivity index (χ2v) is 4.63. The van der Waals surface area contributed by atoms with Crippen LogP contribution in [0.3, 0.4) is 0 Å². The summed E-state index contributed by atoms with van der Waals surface area (Å²) in [5, 5.41) is 18.5. The number of nitriles is 1. The van der Waals surface area contributed by atoms with Crippen LogP contribution in [0.15, 0.2) is 36.0 Å². The van der Waals surface area contributed by atoms with Gasteiger partial charge in [0.15, 0.2) is 0 Å². The Bertz CT molecular complexity index is 725. The molecule has 0 fully saturated rings. The molecule has 0 radical (unpaired) electrons. The number of carbonyl (C=O) groups is 1. The van der Waals surface area contributed by atoms with Crippen molar-refractivity contribution in [2.45, 2.75) is 13.3 Å². The summed E-state index contributed by atoms with van der Waals surface area (Å²) >= 11 is 0. The van der Waals surface area contributed by atoms with Crippen molar-refractivity contribution in [2.75, 3.05) is 6.54 Å². The van der Waals surface area contributed by atoms with Gasteiger partial charge in [-0.1, -0.05) is 6.92 Å². The van der Waals surface area contributed by atoms with Gasteiger partial charge in [-0.15, -0.1) is 0 Å². The molecule has 5 nitrogen and oxygen atoms in total. The van der Waals surface area contributed by atoms with Gasteiger partial charge in [0.25, 0.3) is 5.91 Å². The number of aromatic amines is 1. The number of carbonyl (C=O) groups excluding carboxylic acids is 1. The van der Waals surface area contributed by atoms with Gasteiger partial charge in [0.2, 0.25) is 0 Å². The Balaban J connectivity index is 2.32. The molecule has 0 unspecified atom stereocenters. The molecule has 0 aliphatic carbocycles. The minimum absolute atomic E-state index is 0.00166. The molecule has 0 bridgehead atoms. The fourth-order valence-corrected chi connectivity index (χ4v) is 1.89. The minimum atomic E-state index is -0.421. The van der Waals surface area contributed by atoms with Crippen molar-refractivity contribution in [1.29, 1.82) is 5.26 Å². The summed E-state index contributed by atoms with van der Waals surface area (Å²) in [6, 6.07) is 7.76. The van der Waals surface area contributed by atoms with E-state index in [1.54, 1.807) is 12.1 Å². The normalized spacial score (nSPS) is 11.0. The number of hydrogen-bond acceptors (Lipinski definition) is 3. The largest absolute Gasteiger partial charge is 0.351 e. The first kappa shape index (κ1) is 15.4. The van der Waals surface area contributed by atoms with Gasteiger partial charge in [-0.25, -0.2) is 4.39 Å². The van der Waals surface area contributed by atoms with Crippen molar-refractivity contribution < 1.29 is 9.18 Å². The van der Waals surface area contributed by atoms with E-state index in [2.05, 4.69) is 15.5 Å². The van der Waals surface area contributed by atoms with Gasteiger partial charge in [0.05, 0.1) is 11.9 Å². The van der Waals surface area contributed by atoms with Crippen molar-refractivity contribution in [1.82, 2.24) is 15.5 Å². The quantitative estimate of drug-likeness (QED) is 0.657. The smallest absolute Gasteiger partial charge is 0.261 e. The van der Waals surface area contributed by atoms with Crippen LogP contribution in [0.2, 0.25) is 0 Å². The molecule has 0 aliphatic rings. The van der Waals surface area contributed by atoms with Gasteiger partial charge in [-0.05, 0) is 36.8 Å². The number of rotatable bonds is 5. The molecule has 2 rings (SSSR count). The van der Waals surface area contributed by atoms with E-state index in [4.69, 9.17) is 5.26 Å². The highest BCUT2D eigenvalue weighted by atomic mass is 19.1. The van der Waals surface area contributed by atoms with Crippen molar-refractivity contribution >= 4 is 12.0 Å². The Morgan fingerprint density at radius 3 is 2.82 bits per heavy atom. The molecule has 6 heteroatoms. The van der Waals surface area contributed by atoms with Crippen LogP contribution in [0.1, 0.15) is 18.9 Å². The van der Waals surface area contributed by atoms with E-state index in [9.17, 15) is 9.18 Å². The SMILES string of the molecule is CCCNC(=O)/C(C#N)=C/c1cn[nH]c1-c1ccc(F)cc1. The van der Waals surface area contributed by atoms with Gasteiger partial charge in [-0.3, -0.25) is 9.89 Å². The second kappa shape index (κ2) is 7.18. The van der Waals surface area contributed by atoms with E-state index < -0.39 is 5.91 Å². The summed E-state index contributed by atoms with van der Waals surface area (Å²) in [7, 11) is 0. The summed E-state index contributed by atoms with van der Waals surface area (Å²) in [5.74, 6) is -0.757. The third-order valence-electron chi connectivity index (χ3n) is 3.00. The van der Waals surface area contributed by atoms with Gasteiger partial charge in [0, 0.05) is 17.7 Å². The maximum atomic E-state index is 13.0. The zero-order valence-corrected chi connectivity index (χ0v) is 12.1. The first-order valence-corrected chi connectivity index (χ1v) is 6.85. The van der Waals surface area contributed by atoms with E-state index in [-0.39, 0.29) is 11.4 Å². The molecule has 0 saturated carbocycles. The Labute approximate surface area is 127 Å². The molecule has 0 spiro atoms. The molecule has 0 aliphatic heterocycles. The van der Waals surface area contributed by atoms with Gasteiger partial charge in [0.1, 0.15) is 17.5 Å².